The van der Waals surface area contributed by atoms with Crippen molar-refractivity contribution in [3.63, 3.8) is 0 Å². The second kappa shape index (κ2) is 12.1. The molecule has 0 saturated carbocycles. The molecule has 0 bridgehead atoms. The maximum atomic E-state index is 14.8. The molecule has 1 aliphatic heterocycles. The van der Waals surface area contributed by atoms with Crippen molar-refractivity contribution in [2.24, 2.45) is 5.92 Å². The van der Waals surface area contributed by atoms with Gasteiger partial charge in [-0.3, -0.25) is 14.6 Å². The van der Waals surface area contributed by atoms with Gasteiger partial charge in [0.1, 0.15) is 23.8 Å². The average Bonchev–Trinajstić information content (AvgIpc) is 2.86. The standard InChI is InChI=1S/C25H27F4N5O4S/c1-39(35,36)33-21-11-19(12-31-24(21)38-14-17-6-8-30-9-7-17)23-20(26)4-5-22(32-23)37-15-18-3-2-10-34(13-18)16-25(27,28)29/h4-9,11-12,18,33H,2-3,10,13-16H2,1H3. The zero-order valence-corrected chi connectivity index (χ0v) is 21.8. The third-order valence-corrected chi connectivity index (χ3v) is 6.43. The summed E-state index contributed by atoms with van der Waals surface area (Å²) in [6.07, 6.45) is 2.47. The maximum Gasteiger partial charge on any atom is 0.401 e. The second-order valence-electron chi connectivity index (χ2n) is 9.24. The lowest BCUT2D eigenvalue weighted by Crippen LogP contribution is -2.42. The van der Waals surface area contributed by atoms with E-state index in [0.717, 1.165) is 17.9 Å². The fourth-order valence-electron chi connectivity index (χ4n) is 4.20. The van der Waals surface area contributed by atoms with E-state index in [4.69, 9.17) is 9.47 Å². The monoisotopic (exact) mass is 569 g/mol. The summed E-state index contributed by atoms with van der Waals surface area (Å²) in [5, 5.41) is 0. The molecule has 1 saturated heterocycles. The van der Waals surface area contributed by atoms with E-state index >= 15 is 0 Å². The van der Waals surface area contributed by atoms with E-state index in [-0.39, 0.29) is 54.4 Å². The Morgan fingerprint density at radius 1 is 1.15 bits per heavy atom. The number of nitrogens with one attached hydrogen (secondary N) is 1. The molecule has 3 aromatic rings. The highest BCUT2D eigenvalue weighted by molar-refractivity contribution is 7.92. The molecule has 0 amide bonds. The molecular formula is C25H27F4N5O4S. The number of sulfonamides is 1. The van der Waals surface area contributed by atoms with Crippen molar-refractivity contribution in [3.8, 4) is 23.0 Å². The van der Waals surface area contributed by atoms with Gasteiger partial charge in [-0.25, -0.2) is 22.8 Å². The molecule has 210 valence electrons. The predicted molar refractivity (Wildman–Crippen MR) is 135 cm³/mol. The first-order valence-electron chi connectivity index (χ1n) is 12.0. The number of ether oxygens (including phenoxy) is 2. The maximum absolute atomic E-state index is 14.8. The van der Waals surface area contributed by atoms with Crippen LogP contribution in [0.1, 0.15) is 18.4 Å². The van der Waals surface area contributed by atoms with Crippen LogP contribution in [0.15, 0.2) is 48.9 Å². The van der Waals surface area contributed by atoms with E-state index in [9.17, 15) is 26.0 Å². The van der Waals surface area contributed by atoms with Gasteiger partial charge in [-0.2, -0.15) is 13.2 Å². The quantitative estimate of drug-likeness (QED) is 0.361. The summed E-state index contributed by atoms with van der Waals surface area (Å²) in [6, 6.07) is 7.27. The van der Waals surface area contributed by atoms with Crippen LogP contribution in [0, 0.1) is 11.7 Å². The largest absolute Gasteiger partial charge is 0.477 e. The summed E-state index contributed by atoms with van der Waals surface area (Å²) in [5.41, 5.74) is 0.788. The van der Waals surface area contributed by atoms with Gasteiger partial charge < -0.3 is 9.47 Å². The molecule has 1 N–H and O–H groups in total. The third kappa shape index (κ3) is 8.75. The molecule has 9 nitrogen and oxygen atoms in total. The van der Waals surface area contributed by atoms with E-state index in [1.54, 1.807) is 24.5 Å². The predicted octanol–water partition coefficient (Wildman–Crippen LogP) is 4.28. The van der Waals surface area contributed by atoms with Crippen LogP contribution in [0.5, 0.6) is 11.8 Å². The third-order valence-electron chi connectivity index (χ3n) is 5.84. The number of piperidine rings is 1. The van der Waals surface area contributed by atoms with E-state index < -0.39 is 28.6 Å². The van der Waals surface area contributed by atoms with Gasteiger partial charge in [0.2, 0.25) is 21.8 Å². The molecule has 14 heteroatoms. The molecule has 1 unspecified atom stereocenters. The Kier molecular flexibility index (Phi) is 8.85. The molecule has 4 heterocycles. The van der Waals surface area contributed by atoms with Crippen molar-refractivity contribution in [1.82, 2.24) is 19.9 Å². The number of likely N-dealkylation sites (tertiary alicyclic amines) is 1. The number of pyridine rings is 3. The minimum atomic E-state index is -4.27. The first kappa shape index (κ1) is 28.5. The van der Waals surface area contributed by atoms with Gasteiger partial charge in [0.25, 0.3) is 0 Å². The first-order chi connectivity index (χ1) is 18.4. The minimum Gasteiger partial charge on any atom is -0.477 e. The number of anilines is 1. The van der Waals surface area contributed by atoms with Crippen molar-refractivity contribution in [2.75, 3.05) is 37.2 Å². The molecule has 0 aliphatic carbocycles. The van der Waals surface area contributed by atoms with Crippen molar-refractivity contribution in [1.29, 1.82) is 0 Å². The van der Waals surface area contributed by atoms with Gasteiger partial charge in [0.15, 0.2) is 0 Å². The number of hydrogen-bond donors (Lipinski definition) is 1. The summed E-state index contributed by atoms with van der Waals surface area (Å²) in [5.74, 6) is -0.779. The van der Waals surface area contributed by atoms with Crippen LogP contribution in [-0.2, 0) is 16.6 Å². The number of halogens is 4. The molecule has 1 aliphatic rings. The SMILES string of the molecule is CS(=O)(=O)Nc1cc(-c2nc(OCC3CCCN(CC(F)(F)F)C3)ccc2F)cnc1OCc1ccncc1. The van der Waals surface area contributed by atoms with Crippen LogP contribution in [0.4, 0.5) is 23.2 Å². The van der Waals surface area contributed by atoms with Crippen LogP contribution in [0.25, 0.3) is 11.3 Å². The Hall–Kier alpha value is -3.52. The summed E-state index contributed by atoms with van der Waals surface area (Å²) in [6.45, 7) is -0.160. The van der Waals surface area contributed by atoms with E-state index in [1.807, 2.05) is 0 Å². The Labute approximate surface area is 223 Å². The fourth-order valence-corrected chi connectivity index (χ4v) is 4.74. The van der Waals surface area contributed by atoms with Crippen LogP contribution in [-0.4, -0.2) is 66.9 Å². The summed E-state index contributed by atoms with van der Waals surface area (Å²) in [4.78, 5) is 13.7. The topological polar surface area (TPSA) is 107 Å². The molecule has 0 radical (unpaired) electrons. The first-order valence-corrected chi connectivity index (χ1v) is 13.9. The lowest BCUT2D eigenvalue weighted by molar-refractivity contribution is -0.149. The number of nitrogens with zero attached hydrogens (tertiary/aromatic N) is 4. The van der Waals surface area contributed by atoms with Crippen LogP contribution < -0.4 is 14.2 Å². The second-order valence-corrected chi connectivity index (χ2v) is 11.0. The molecule has 0 aromatic carbocycles. The lowest BCUT2D eigenvalue weighted by atomic mass is 9.99. The highest BCUT2D eigenvalue weighted by Crippen LogP contribution is 2.31. The normalized spacial score (nSPS) is 16.6. The molecule has 3 aromatic heterocycles. The number of alkyl halides is 3. The Morgan fingerprint density at radius 2 is 1.92 bits per heavy atom. The summed E-state index contributed by atoms with van der Waals surface area (Å²) >= 11 is 0. The molecule has 1 atom stereocenters. The van der Waals surface area contributed by atoms with Crippen molar-refractivity contribution < 1.29 is 35.5 Å². The Morgan fingerprint density at radius 3 is 2.64 bits per heavy atom. The Balaban J connectivity index is 1.50. The summed E-state index contributed by atoms with van der Waals surface area (Å²) < 4.78 is 90.7. The summed E-state index contributed by atoms with van der Waals surface area (Å²) in [7, 11) is -3.73. The molecule has 4 rings (SSSR count). The van der Waals surface area contributed by atoms with Crippen molar-refractivity contribution >= 4 is 15.7 Å². The van der Waals surface area contributed by atoms with Crippen LogP contribution >= 0.6 is 0 Å². The number of rotatable bonds is 10. The van der Waals surface area contributed by atoms with E-state index in [1.165, 1.54) is 23.2 Å². The van der Waals surface area contributed by atoms with Gasteiger partial charge in [-0.15, -0.1) is 0 Å². The lowest BCUT2D eigenvalue weighted by Gasteiger charge is -2.32. The minimum absolute atomic E-state index is 0.0106. The zero-order valence-electron chi connectivity index (χ0n) is 21.0. The van der Waals surface area contributed by atoms with Crippen molar-refractivity contribution in [3.05, 3.63) is 60.3 Å². The van der Waals surface area contributed by atoms with Gasteiger partial charge >= 0.3 is 6.18 Å². The van der Waals surface area contributed by atoms with Gasteiger partial charge in [-0.1, -0.05) is 0 Å². The molecule has 39 heavy (non-hydrogen) atoms. The van der Waals surface area contributed by atoms with E-state index in [2.05, 4.69) is 19.7 Å². The average molecular weight is 570 g/mol. The zero-order chi connectivity index (χ0) is 28.0. The molecular weight excluding hydrogens is 542 g/mol. The van der Waals surface area contributed by atoms with E-state index in [0.29, 0.717) is 19.4 Å². The fraction of sp³-hybridized carbons (Fsp3) is 0.400. The van der Waals surface area contributed by atoms with Gasteiger partial charge in [-0.05, 0) is 49.2 Å². The molecule has 1 fully saturated rings. The van der Waals surface area contributed by atoms with Gasteiger partial charge in [0, 0.05) is 42.7 Å². The van der Waals surface area contributed by atoms with Gasteiger partial charge in [0.05, 0.1) is 19.4 Å². The van der Waals surface area contributed by atoms with Crippen LogP contribution in [0.2, 0.25) is 0 Å². The van der Waals surface area contributed by atoms with Crippen LogP contribution in [0.3, 0.4) is 0 Å². The highest BCUT2D eigenvalue weighted by atomic mass is 32.2. The van der Waals surface area contributed by atoms with Crippen molar-refractivity contribution in [2.45, 2.75) is 25.6 Å². The Bertz CT molecular complexity index is 1380. The molecule has 0 spiro atoms. The number of aromatic nitrogens is 3. The highest BCUT2D eigenvalue weighted by Gasteiger charge is 2.33. The smallest absolute Gasteiger partial charge is 0.401 e. The number of hydrogen-bond acceptors (Lipinski definition) is 8.